The van der Waals surface area contributed by atoms with Crippen molar-refractivity contribution in [3.63, 3.8) is 0 Å². The number of nitrogens with one attached hydrogen (secondary N) is 1. The van der Waals surface area contributed by atoms with Crippen LogP contribution >= 0.6 is 0 Å². The van der Waals surface area contributed by atoms with Gasteiger partial charge in [-0.05, 0) is 17.7 Å². The monoisotopic (exact) mass is 301 g/mol. The molecule has 0 spiro atoms. The first-order valence-corrected chi connectivity index (χ1v) is 7.96. The van der Waals surface area contributed by atoms with Crippen LogP contribution in [0.1, 0.15) is 11.1 Å². The first kappa shape index (κ1) is 16.3. The summed E-state index contributed by atoms with van der Waals surface area (Å²) in [4.78, 5) is 0. The van der Waals surface area contributed by atoms with E-state index in [1.165, 1.54) is 13.4 Å². The van der Waals surface area contributed by atoms with Gasteiger partial charge >= 0.3 is 0 Å². The minimum atomic E-state index is -2.97. The average Bonchev–Trinajstić information content (AvgIpc) is 2.41. The Balaban J connectivity index is 2.73. The molecule has 0 aliphatic carbocycles. The Kier molecular flexibility index (Phi) is 5.78. The van der Waals surface area contributed by atoms with E-state index in [2.05, 4.69) is 10.5 Å². The molecule has 0 aliphatic heterocycles. The van der Waals surface area contributed by atoms with Gasteiger partial charge in [0.25, 0.3) is 0 Å². The average molecular weight is 301 g/mol. The van der Waals surface area contributed by atoms with Crippen molar-refractivity contribution in [3.05, 3.63) is 29.3 Å². The molecule has 1 aromatic rings. The summed E-state index contributed by atoms with van der Waals surface area (Å²) in [5.41, 5.74) is 6.93. The third kappa shape index (κ3) is 5.06. The van der Waals surface area contributed by atoms with E-state index in [0.717, 1.165) is 5.56 Å². The van der Waals surface area contributed by atoms with Crippen LogP contribution in [0, 0.1) is 0 Å². The SMILES string of the molecule is COc1ccc(CNCCS(C)(=O)=O)cc1C(N)=NO. The summed E-state index contributed by atoms with van der Waals surface area (Å²) < 4.78 is 27.1. The second-order valence-corrected chi connectivity index (χ2v) is 6.59. The van der Waals surface area contributed by atoms with Crippen molar-refractivity contribution in [2.45, 2.75) is 6.54 Å². The minimum Gasteiger partial charge on any atom is -0.496 e. The fourth-order valence-electron chi connectivity index (χ4n) is 1.61. The van der Waals surface area contributed by atoms with E-state index in [1.807, 2.05) is 6.07 Å². The van der Waals surface area contributed by atoms with Crippen LogP contribution in [0.4, 0.5) is 0 Å². The Hall–Kier alpha value is -1.80. The molecule has 0 bridgehead atoms. The van der Waals surface area contributed by atoms with Gasteiger partial charge in [0.15, 0.2) is 5.84 Å². The number of benzene rings is 1. The molecule has 0 aromatic heterocycles. The fraction of sp³-hybridized carbons (Fsp3) is 0.417. The highest BCUT2D eigenvalue weighted by atomic mass is 32.2. The topological polar surface area (TPSA) is 114 Å². The van der Waals surface area contributed by atoms with Gasteiger partial charge in [-0.25, -0.2) is 8.42 Å². The largest absolute Gasteiger partial charge is 0.496 e. The van der Waals surface area contributed by atoms with Gasteiger partial charge in [0, 0.05) is 19.3 Å². The predicted octanol–water partition coefficient (Wildman–Crippen LogP) is -0.0761. The molecule has 0 radical (unpaired) electrons. The summed E-state index contributed by atoms with van der Waals surface area (Å²) in [5, 5.41) is 14.7. The van der Waals surface area contributed by atoms with Crippen molar-refractivity contribution in [2.24, 2.45) is 10.9 Å². The lowest BCUT2D eigenvalue weighted by atomic mass is 10.1. The lowest BCUT2D eigenvalue weighted by molar-refractivity contribution is 0.318. The number of sulfone groups is 1. The van der Waals surface area contributed by atoms with Gasteiger partial charge in [0.1, 0.15) is 15.6 Å². The van der Waals surface area contributed by atoms with Crippen molar-refractivity contribution < 1.29 is 18.4 Å². The molecule has 0 atom stereocenters. The normalized spacial score (nSPS) is 12.4. The summed E-state index contributed by atoms with van der Waals surface area (Å²) in [6, 6.07) is 5.25. The number of nitrogens with two attached hydrogens (primary N) is 1. The summed E-state index contributed by atoms with van der Waals surface area (Å²) in [7, 11) is -1.48. The summed E-state index contributed by atoms with van der Waals surface area (Å²) >= 11 is 0. The molecule has 8 heteroatoms. The molecule has 1 aromatic carbocycles. The van der Waals surface area contributed by atoms with Crippen molar-refractivity contribution in [2.75, 3.05) is 25.7 Å². The lowest BCUT2D eigenvalue weighted by Gasteiger charge is -2.10. The van der Waals surface area contributed by atoms with Gasteiger partial charge in [-0.2, -0.15) is 0 Å². The standard InChI is InChI=1S/C12H19N3O4S/c1-19-11-4-3-9(7-10(11)12(13)15-16)8-14-5-6-20(2,17)18/h3-4,7,14,16H,5-6,8H2,1-2H3,(H2,13,15). The number of ether oxygens (including phenoxy) is 1. The van der Waals surface area contributed by atoms with Gasteiger partial charge < -0.3 is 21.0 Å². The number of methoxy groups -OCH3 is 1. The lowest BCUT2D eigenvalue weighted by Crippen LogP contribution is -2.22. The fourth-order valence-corrected chi connectivity index (χ4v) is 2.12. The van der Waals surface area contributed by atoms with Crippen LogP contribution in [-0.4, -0.2) is 45.1 Å². The van der Waals surface area contributed by atoms with Gasteiger partial charge in [0.2, 0.25) is 0 Å². The van der Waals surface area contributed by atoms with Crippen LogP contribution < -0.4 is 15.8 Å². The highest BCUT2D eigenvalue weighted by Gasteiger charge is 2.09. The Morgan fingerprint density at radius 2 is 2.20 bits per heavy atom. The summed E-state index contributed by atoms with van der Waals surface area (Å²) in [6.07, 6.45) is 1.19. The minimum absolute atomic E-state index is 0.0418. The van der Waals surface area contributed by atoms with E-state index in [0.29, 0.717) is 24.4 Å². The summed E-state index contributed by atoms with van der Waals surface area (Å²) in [6.45, 7) is 0.842. The van der Waals surface area contributed by atoms with Crippen molar-refractivity contribution in [3.8, 4) is 5.75 Å². The Morgan fingerprint density at radius 1 is 1.50 bits per heavy atom. The molecule has 0 unspecified atom stereocenters. The maximum absolute atomic E-state index is 11.0. The maximum atomic E-state index is 11.0. The van der Waals surface area contributed by atoms with Crippen molar-refractivity contribution >= 4 is 15.7 Å². The number of hydrogen-bond acceptors (Lipinski definition) is 6. The molecule has 1 rings (SSSR count). The molecule has 0 fully saturated rings. The zero-order valence-electron chi connectivity index (χ0n) is 11.5. The molecule has 0 saturated heterocycles. The smallest absolute Gasteiger partial charge is 0.173 e. The zero-order valence-corrected chi connectivity index (χ0v) is 12.3. The van der Waals surface area contributed by atoms with E-state index >= 15 is 0 Å². The molecule has 0 saturated carbocycles. The highest BCUT2D eigenvalue weighted by Crippen LogP contribution is 2.19. The molecule has 112 valence electrons. The molecule has 0 heterocycles. The molecule has 4 N–H and O–H groups in total. The Morgan fingerprint density at radius 3 is 2.75 bits per heavy atom. The number of oxime groups is 1. The Bertz CT molecular complexity index is 584. The van der Waals surface area contributed by atoms with E-state index < -0.39 is 9.84 Å². The molecular weight excluding hydrogens is 282 g/mol. The van der Waals surface area contributed by atoms with E-state index in [1.54, 1.807) is 12.1 Å². The van der Waals surface area contributed by atoms with Crippen LogP contribution in [0.5, 0.6) is 5.75 Å². The van der Waals surface area contributed by atoms with Gasteiger partial charge in [-0.1, -0.05) is 11.2 Å². The van der Waals surface area contributed by atoms with E-state index in [-0.39, 0.29) is 11.6 Å². The molecule has 7 nitrogen and oxygen atoms in total. The van der Waals surface area contributed by atoms with Gasteiger partial charge in [0.05, 0.1) is 18.4 Å². The number of amidine groups is 1. The quantitative estimate of drug-likeness (QED) is 0.213. The molecule has 0 amide bonds. The van der Waals surface area contributed by atoms with Crippen LogP contribution in [0.2, 0.25) is 0 Å². The van der Waals surface area contributed by atoms with E-state index in [4.69, 9.17) is 15.7 Å². The molecule has 0 aliphatic rings. The van der Waals surface area contributed by atoms with E-state index in [9.17, 15) is 8.42 Å². The first-order chi connectivity index (χ1) is 9.37. The highest BCUT2D eigenvalue weighted by molar-refractivity contribution is 7.90. The van der Waals surface area contributed by atoms with Crippen LogP contribution in [0.15, 0.2) is 23.4 Å². The molecule has 20 heavy (non-hydrogen) atoms. The van der Waals surface area contributed by atoms with Crippen LogP contribution in [-0.2, 0) is 16.4 Å². The number of hydrogen-bond donors (Lipinski definition) is 3. The van der Waals surface area contributed by atoms with Gasteiger partial charge in [-0.3, -0.25) is 0 Å². The number of rotatable bonds is 7. The second kappa shape index (κ2) is 7.11. The van der Waals surface area contributed by atoms with Gasteiger partial charge in [-0.15, -0.1) is 0 Å². The third-order valence-corrected chi connectivity index (χ3v) is 3.57. The predicted molar refractivity (Wildman–Crippen MR) is 76.9 cm³/mol. The van der Waals surface area contributed by atoms with Crippen molar-refractivity contribution in [1.82, 2.24) is 5.32 Å². The zero-order chi connectivity index (χ0) is 15.2. The Labute approximate surface area is 118 Å². The van der Waals surface area contributed by atoms with Crippen LogP contribution in [0.3, 0.4) is 0 Å². The number of nitrogens with zero attached hydrogens (tertiary/aromatic N) is 1. The molecular formula is C12H19N3O4S. The van der Waals surface area contributed by atoms with Crippen LogP contribution in [0.25, 0.3) is 0 Å². The maximum Gasteiger partial charge on any atom is 0.173 e. The summed E-state index contributed by atoms with van der Waals surface area (Å²) in [5.74, 6) is 0.538. The van der Waals surface area contributed by atoms with Crippen molar-refractivity contribution in [1.29, 1.82) is 0 Å². The second-order valence-electron chi connectivity index (χ2n) is 4.33. The third-order valence-electron chi connectivity index (χ3n) is 2.63. The first-order valence-electron chi connectivity index (χ1n) is 5.90.